The average Bonchev–Trinajstić information content (AvgIpc) is 3.55. The van der Waals surface area contributed by atoms with Gasteiger partial charge in [0, 0.05) is 41.9 Å². The van der Waals surface area contributed by atoms with Crippen molar-refractivity contribution in [1.82, 2.24) is 14.7 Å². The zero-order chi connectivity index (χ0) is 25.1. The maximum Gasteiger partial charge on any atom is 0.410 e. The molecule has 3 aromatic carbocycles. The molecule has 0 radical (unpaired) electrons. The maximum atomic E-state index is 13.4. The van der Waals surface area contributed by atoms with Crippen LogP contribution in [0.1, 0.15) is 53.1 Å². The number of hydrogen-bond donors (Lipinski definition) is 0. The second kappa shape index (κ2) is 8.58. The van der Waals surface area contributed by atoms with Crippen molar-refractivity contribution in [3.05, 3.63) is 89.6 Å². The molecule has 0 spiro atoms. The molecule has 2 bridgehead atoms. The fraction of sp³-hybridized carbons (Fsp3) is 0.323. The number of nitrogens with zero attached hydrogens (tertiary/aromatic N) is 3. The van der Waals surface area contributed by atoms with Gasteiger partial charge < -0.3 is 9.64 Å². The summed E-state index contributed by atoms with van der Waals surface area (Å²) in [6.07, 6.45) is 4.83. The molecule has 6 heteroatoms. The molecule has 6 nitrogen and oxygen atoms in total. The molecule has 3 aliphatic rings. The number of ketones is 1. The number of amides is 1. The van der Waals surface area contributed by atoms with E-state index in [0.717, 1.165) is 29.3 Å². The lowest BCUT2D eigenvalue weighted by atomic mass is 9.85. The van der Waals surface area contributed by atoms with E-state index in [9.17, 15) is 9.59 Å². The van der Waals surface area contributed by atoms with Crippen LogP contribution in [0.5, 0.6) is 0 Å². The molecule has 1 amide bonds. The van der Waals surface area contributed by atoms with Crippen LogP contribution >= 0.6 is 0 Å². The first-order valence-corrected chi connectivity index (χ1v) is 13.2. The molecule has 0 N–H and O–H groups in total. The predicted molar refractivity (Wildman–Crippen MR) is 141 cm³/mol. The van der Waals surface area contributed by atoms with Gasteiger partial charge in [0.05, 0.1) is 11.7 Å². The summed E-state index contributed by atoms with van der Waals surface area (Å²) in [6, 6.07) is 22.7. The van der Waals surface area contributed by atoms with Gasteiger partial charge in [0.2, 0.25) is 0 Å². The number of carbonyl (C=O) groups is 2. The first kappa shape index (κ1) is 22.3. The Morgan fingerprint density at radius 2 is 1.57 bits per heavy atom. The van der Waals surface area contributed by atoms with Crippen molar-refractivity contribution in [3.63, 3.8) is 0 Å². The average molecular weight is 492 g/mol. The Hall–Kier alpha value is -3.93. The van der Waals surface area contributed by atoms with E-state index in [1.165, 1.54) is 22.3 Å². The van der Waals surface area contributed by atoms with Gasteiger partial charge in [-0.25, -0.2) is 4.79 Å². The van der Waals surface area contributed by atoms with Crippen LogP contribution in [-0.4, -0.2) is 45.2 Å². The lowest BCUT2D eigenvalue weighted by molar-refractivity contribution is 0.0506. The van der Waals surface area contributed by atoms with Crippen LogP contribution in [0, 0.1) is 5.92 Å². The SMILES string of the molecule is Cn1ncc2ccc(C(=O)C3CC4CCC(C3)N4C(=O)OCC3c4ccccc4-c4ccccc43)cc21. The lowest BCUT2D eigenvalue weighted by Crippen LogP contribution is -2.48. The van der Waals surface area contributed by atoms with E-state index < -0.39 is 0 Å². The van der Waals surface area contributed by atoms with Gasteiger partial charge in [0.1, 0.15) is 6.61 Å². The van der Waals surface area contributed by atoms with E-state index in [-0.39, 0.29) is 35.8 Å². The largest absolute Gasteiger partial charge is 0.448 e. The third kappa shape index (κ3) is 3.57. The molecule has 1 aromatic heterocycles. The zero-order valence-corrected chi connectivity index (χ0v) is 20.8. The maximum absolute atomic E-state index is 13.4. The highest BCUT2D eigenvalue weighted by molar-refractivity contribution is 6.01. The third-order valence-corrected chi connectivity index (χ3v) is 8.68. The van der Waals surface area contributed by atoms with Gasteiger partial charge in [0.15, 0.2) is 5.78 Å². The third-order valence-electron chi connectivity index (χ3n) is 8.68. The summed E-state index contributed by atoms with van der Waals surface area (Å²) in [5.74, 6) is 0.156. The zero-order valence-electron chi connectivity index (χ0n) is 20.8. The monoisotopic (exact) mass is 491 g/mol. The summed E-state index contributed by atoms with van der Waals surface area (Å²) in [4.78, 5) is 28.7. The topological polar surface area (TPSA) is 64.4 Å². The molecule has 7 rings (SSSR count). The van der Waals surface area contributed by atoms with E-state index in [4.69, 9.17) is 4.74 Å². The van der Waals surface area contributed by atoms with E-state index >= 15 is 0 Å². The van der Waals surface area contributed by atoms with Crippen LogP contribution in [-0.2, 0) is 11.8 Å². The standard InChI is InChI=1S/C31H29N3O3/c1-33-29-16-19(10-11-20(29)17-32-33)30(35)21-14-22-12-13-23(15-21)34(22)31(36)37-18-28-26-8-4-2-6-24(26)25-7-3-5-9-27(25)28/h2-11,16-17,21-23,28H,12-15,18H2,1H3. The number of aromatic nitrogens is 2. The molecule has 3 heterocycles. The van der Waals surface area contributed by atoms with Gasteiger partial charge in [-0.15, -0.1) is 0 Å². The van der Waals surface area contributed by atoms with E-state index in [2.05, 4.69) is 41.5 Å². The number of piperidine rings is 1. The Morgan fingerprint density at radius 1 is 0.919 bits per heavy atom. The second-order valence-electron chi connectivity index (χ2n) is 10.7. The van der Waals surface area contributed by atoms with Crippen molar-refractivity contribution in [2.75, 3.05) is 6.61 Å². The van der Waals surface area contributed by atoms with Crippen molar-refractivity contribution < 1.29 is 14.3 Å². The minimum absolute atomic E-state index is 0.0510. The van der Waals surface area contributed by atoms with Gasteiger partial charge >= 0.3 is 6.09 Å². The minimum Gasteiger partial charge on any atom is -0.448 e. The summed E-state index contributed by atoms with van der Waals surface area (Å²) in [5, 5.41) is 5.32. The molecule has 4 aromatic rings. The van der Waals surface area contributed by atoms with E-state index in [1.807, 2.05) is 48.5 Å². The fourth-order valence-electron chi connectivity index (χ4n) is 6.89. The molecular formula is C31H29N3O3. The van der Waals surface area contributed by atoms with Crippen LogP contribution in [0.3, 0.4) is 0 Å². The van der Waals surface area contributed by atoms with Gasteiger partial charge in [-0.05, 0) is 54.0 Å². The summed E-state index contributed by atoms with van der Waals surface area (Å²) >= 11 is 0. The Morgan fingerprint density at radius 3 is 2.24 bits per heavy atom. The van der Waals surface area contributed by atoms with Gasteiger partial charge in [-0.1, -0.05) is 60.7 Å². The van der Waals surface area contributed by atoms with Crippen molar-refractivity contribution in [2.45, 2.75) is 43.7 Å². The molecule has 2 unspecified atom stereocenters. The molecule has 2 saturated heterocycles. The van der Waals surface area contributed by atoms with Crippen molar-refractivity contribution >= 4 is 22.8 Å². The van der Waals surface area contributed by atoms with E-state index in [1.54, 1.807) is 4.68 Å². The van der Waals surface area contributed by atoms with E-state index in [0.29, 0.717) is 19.4 Å². The van der Waals surface area contributed by atoms with Crippen molar-refractivity contribution in [3.8, 4) is 11.1 Å². The summed E-state index contributed by atoms with van der Waals surface area (Å²) < 4.78 is 7.79. The molecule has 2 fully saturated rings. The van der Waals surface area contributed by atoms with Crippen LogP contribution < -0.4 is 0 Å². The summed E-state index contributed by atoms with van der Waals surface area (Å²) in [7, 11) is 1.89. The number of aryl methyl sites for hydroxylation is 1. The van der Waals surface area contributed by atoms with Gasteiger partial charge in [-0.2, -0.15) is 5.10 Å². The molecule has 2 aliphatic heterocycles. The number of hydrogen-bond acceptors (Lipinski definition) is 4. The highest BCUT2D eigenvalue weighted by Crippen LogP contribution is 2.45. The van der Waals surface area contributed by atoms with Gasteiger partial charge in [-0.3, -0.25) is 9.48 Å². The predicted octanol–water partition coefficient (Wildman–Crippen LogP) is 5.95. The smallest absolute Gasteiger partial charge is 0.410 e. The van der Waals surface area contributed by atoms with Crippen molar-refractivity contribution in [2.24, 2.45) is 13.0 Å². The molecule has 2 atom stereocenters. The Balaban J connectivity index is 1.05. The highest BCUT2D eigenvalue weighted by atomic mass is 16.6. The van der Waals surface area contributed by atoms with Crippen LogP contribution in [0.15, 0.2) is 72.9 Å². The Kier molecular flexibility index (Phi) is 5.17. The fourth-order valence-corrected chi connectivity index (χ4v) is 6.89. The van der Waals surface area contributed by atoms with Crippen LogP contribution in [0.25, 0.3) is 22.0 Å². The number of benzene rings is 3. The molecule has 37 heavy (non-hydrogen) atoms. The minimum atomic E-state index is -0.239. The molecular weight excluding hydrogens is 462 g/mol. The highest BCUT2D eigenvalue weighted by Gasteiger charge is 2.46. The molecule has 1 aliphatic carbocycles. The lowest BCUT2D eigenvalue weighted by Gasteiger charge is -2.37. The normalized spacial score (nSPS) is 22.2. The number of carbonyl (C=O) groups excluding carboxylic acids is 2. The van der Waals surface area contributed by atoms with Crippen LogP contribution in [0.2, 0.25) is 0 Å². The molecule has 0 saturated carbocycles. The van der Waals surface area contributed by atoms with Crippen molar-refractivity contribution in [1.29, 1.82) is 0 Å². The second-order valence-corrected chi connectivity index (χ2v) is 10.7. The Labute approximate surface area is 215 Å². The number of rotatable bonds is 4. The summed E-state index contributed by atoms with van der Waals surface area (Å²) in [6.45, 7) is 0.329. The quantitative estimate of drug-likeness (QED) is 0.331. The summed E-state index contributed by atoms with van der Waals surface area (Å²) in [5.41, 5.74) is 6.58. The molecule has 186 valence electrons. The Bertz CT molecular complexity index is 1480. The van der Waals surface area contributed by atoms with Gasteiger partial charge in [0.25, 0.3) is 0 Å². The first-order valence-electron chi connectivity index (χ1n) is 13.2. The number of Topliss-reactive ketones (excluding diaryl/α,β-unsaturated/α-hetero) is 1. The number of fused-ring (bicyclic) bond motifs is 6. The first-order chi connectivity index (χ1) is 18.1. The number of ether oxygens (including phenoxy) is 1. The van der Waals surface area contributed by atoms with Crippen LogP contribution in [0.4, 0.5) is 4.79 Å².